The molecular weight excluding hydrogens is 338 g/mol. The van der Waals surface area contributed by atoms with E-state index in [2.05, 4.69) is 15.2 Å². The Morgan fingerprint density at radius 2 is 1.78 bits per heavy atom. The van der Waals surface area contributed by atoms with Gasteiger partial charge in [-0.25, -0.2) is 0 Å². The largest absolute Gasteiger partial charge is 0.354 e. The van der Waals surface area contributed by atoms with Crippen LogP contribution >= 0.6 is 0 Å². The second-order valence-electron chi connectivity index (χ2n) is 8.44. The van der Waals surface area contributed by atoms with E-state index in [4.69, 9.17) is 0 Å². The highest BCUT2D eigenvalue weighted by atomic mass is 16.2. The van der Waals surface area contributed by atoms with Crippen LogP contribution in [-0.4, -0.2) is 47.3 Å². The summed E-state index contributed by atoms with van der Waals surface area (Å²) in [4.78, 5) is 30.5. The fraction of sp³-hybridized carbons (Fsp3) is 0.727. The average molecular weight is 374 g/mol. The van der Waals surface area contributed by atoms with Gasteiger partial charge in [0.1, 0.15) is 5.69 Å². The van der Waals surface area contributed by atoms with E-state index in [0.29, 0.717) is 17.7 Å². The number of nitrogens with one attached hydrogen (secondary N) is 2. The number of hydrogen-bond donors (Lipinski definition) is 2. The zero-order valence-electron chi connectivity index (χ0n) is 17.2. The molecule has 0 bridgehead atoms. The van der Waals surface area contributed by atoms with Crippen molar-refractivity contribution >= 4 is 11.7 Å². The molecular formula is C22H35N3O2. The van der Waals surface area contributed by atoms with Gasteiger partial charge in [0.2, 0.25) is 0 Å². The highest BCUT2D eigenvalue weighted by Gasteiger charge is 2.26. The zero-order chi connectivity index (χ0) is 19.4. The molecule has 1 saturated heterocycles. The molecule has 2 aliphatic rings. The topological polar surface area (TPSA) is 65.2 Å². The summed E-state index contributed by atoms with van der Waals surface area (Å²) in [5, 5.41) is 3.21. The Labute approximate surface area is 163 Å². The minimum atomic E-state index is -0.0619. The molecule has 1 aliphatic heterocycles. The molecule has 1 aromatic heterocycles. The van der Waals surface area contributed by atoms with Crippen LogP contribution in [0.4, 0.5) is 0 Å². The molecule has 150 valence electrons. The lowest BCUT2D eigenvalue weighted by Crippen LogP contribution is -2.46. The molecule has 1 saturated carbocycles. The number of ketones is 1. The Hall–Kier alpha value is -1.62. The summed E-state index contributed by atoms with van der Waals surface area (Å²) in [6.45, 7) is 8.82. The minimum Gasteiger partial charge on any atom is -0.354 e. The zero-order valence-corrected chi connectivity index (χ0v) is 17.2. The maximum atomic E-state index is 12.8. The first-order valence-electron chi connectivity index (χ1n) is 10.7. The van der Waals surface area contributed by atoms with Gasteiger partial charge >= 0.3 is 0 Å². The fourth-order valence-corrected chi connectivity index (χ4v) is 4.95. The molecule has 2 N–H and O–H groups in total. The van der Waals surface area contributed by atoms with Crippen molar-refractivity contribution in [3.05, 3.63) is 22.5 Å². The van der Waals surface area contributed by atoms with Gasteiger partial charge in [0.25, 0.3) is 5.91 Å². The van der Waals surface area contributed by atoms with E-state index in [1.807, 2.05) is 13.8 Å². The maximum Gasteiger partial charge on any atom is 0.268 e. The Bertz CT molecular complexity index is 665. The smallest absolute Gasteiger partial charge is 0.268 e. The Morgan fingerprint density at radius 1 is 1.11 bits per heavy atom. The molecule has 1 aromatic rings. The number of piperidine rings is 1. The number of hydrogen-bond acceptors (Lipinski definition) is 3. The normalized spacial score (nSPS) is 20.0. The minimum absolute atomic E-state index is 0.0238. The number of H-pyrrole nitrogens is 1. The van der Waals surface area contributed by atoms with Crippen molar-refractivity contribution in [3.63, 3.8) is 0 Å². The van der Waals surface area contributed by atoms with Crippen molar-refractivity contribution < 1.29 is 9.59 Å². The lowest BCUT2D eigenvalue weighted by Gasteiger charge is -2.35. The number of aryl methyl sites for hydroxylation is 1. The number of likely N-dealkylation sites (tertiary alicyclic amines) is 1. The molecule has 3 rings (SSSR count). The first kappa shape index (κ1) is 20.1. The summed E-state index contributed by atoms with van der Waals surface area (Å²) in [6, 6.07) is 0.231. The number of nitrogens with zero attached hydrogens (tertiary/aromatic N) is 1. The highest BCUT2D eigenvalue weighted by molar-refractivity contribution is 6.02. The van der Waals surface area contributed by atoms with E-state index in [0.717, 1.165) is 43.1 Å². The van der Waals surface area contributed by atoms with Gasteiger partial charge in [0.05, 0.1) is 0 Å². The van der Waals surface area contributed by atoms with Crippen molar-refractivity contribution in [1.82, 2.24) is 15.2 Å². The molecule has 0 unspecified atom stereocenters. The highest BCUT2D eigenvalue weighted by Crippen LogP contribution is 2.26. The van der Waals surface area contributed by atoms with E-state index in [-0.39, 0.29) is 17.7 Å². The van der Waals surface area contributed by atoms with Crippen LogP contribution in [0.1, 0.15) is 90.9 Å². The quantitative estimate of drug-likeness (QED) is 0.744. The van der Waals surface area contributed by atoms with Crippen LogP contribution in [0.25, 0.3) is 0 Å². The van der Waals surface area contributed by atoms with Crippen LogP contribution in [-0.2, 0) is 6.42 Å². The SMILES string of the molecule is CCc1c(C(=O)NC2CCN(CC3CCCCC3)CC2)[nH]c(C)c1C(C)=O. The van der Waals surface area contributed by atoms with Crippen LogP contribution in [0, 0.1) is 12.8 Å². The number of carbonyl (C=O) groups excluding carboxylic acids is 2. The molecule has 27 heavy (non-hydrogen) atoms. The molecule has 2 fully saturated rings. The van der Waals surface area contributed by atoms with E-state index >= 15 is 0 Å². The third-order valence-corrected chi connectivity index (χ3v) is 6.39. The number of rotatable bonds is 6. The lowest BCUT2D eigenvalue weighted by molar-refractivity contribution is 0.0896. The van der Waals surface area contributed by atoms with Crippen LogP contribution < -0.4 is 5.32 Å². The number of aromatic nitrogens is 1. The summed E-state index contributed by atoms with van der Waals surface area (Å²) >= 11 is 0. The van der Waals surface area contributed by atoms with Crippen LogP contribution in [0.3, 0.4) is 0 Å². The first-order chi connectivity index (χ1) is 13.0. The standard InChI is InChI=1S/C22H35N3O2/c1-4-19-20(16(3)26)15(2)23-21(19)22(27)24-18-10-12-25(13-11-18)14-17-8-6-5-7-9-17/h17-18,23H,4-14H2,1-3H3,(H,24,27). The van der Waals surface area contributed by atoms with Gasteiger partial charge in [-0.2, -0.15) is 0 Å². The summed E-state index contributed by atoms with van der Waals surface area (Å²) in [5.74, 6) is 0.841. The number of amides is 1. The Kier molecular flexibility index (Phi) is 6.74. The Balaban J connectivity index is 1.54. The van der Waals surface area contributed by atoms with Gasteiger partial charge in [-0.3, -0.25) is 9.59 Å². The van der Waals surface area contributed by atoms with E-state index in [9.17, 15) is 9.59 Å². The fourth-order valence-electron chi connectivity index (χ4n) is 4.95. The van der Waals surface area contributed by atoms with Gasteiger partial charge in [-0.05, 0) is 57.4 Å². The number of aromatic amines is 1. The van der Waals surface area contributed by atoms with Crippen molar-refractivity contribution in [2.45, 2.75) is 78.2 Å². The van der Waals surface area contributed by atoms with Crippen LogP contribution in [0.15, 0.2) is 0 Å². The van der Waals surface area contributed by atoms with Gasteiger partial charge in [-0.15, -0.1) is 0 Å². The molecule has 0 spiro atoms. The van der Waals surface area contributed by atoms with E-state index in [1.165, 1.54) is 38.6 Å². The second-order valence-corrected chi connectivity index (χ2v) is 8.44. The van der Waals surface area contributed by atoms with Crippen LogP contribution in [0.2, 0.25) is 0 Å². The summed E-state index contributed by atoms with van der Waals surface area (Å²) in [5.41, 5.74) is 2.91. The average Bonchev–Trinajstić information content (AvgIpc) is 3.01. The van der Waals surface area contributed by atoms with Gasteiger partial charge in [0.15, 0.2) is 5.78 Å². The predicted molar refractivity (Wildman–Crippen MR) is 108 cm³/mol. The Morgan fingerprint density at radius 3 is 2.37 bits per heavy atom. The number of Topliss-reactive ketones (excluding diaryl/α,β-unsaturated/α-hetero) is 1. The third-order valence-electron chi connectivity index (χ3n) is 6.39. The van der Waals surface area contributed by atoms with Crippen molar-refractivity contribution in [3.8, 4) is 0 Å². The monoisotopic (exact) mass is 373 g/mol. The second kappa shape index (κ2) is 9.05. The molecule has 0 radical (unpaired) electrons. The molecule has 0 aromatic carbocycles. The van der Waals surface area contributed by atoms with Crippen molar-refractivity contribution in [2.75, 3.05) is 19.6 Å². The van der Waals surface area contributed by atoms with Crippen molar-refractivity contribution in [2.24, 2.45) is 5.92 Å². The van der Waals surface area contributed by atoms with E-state index < -0.39 is 0 Å². The molecule has 2 heterocycles. The lowest BCUT2D eigenvalue weighted by atomic mass is 9.88. The summed E-state index contributed by atoms with van der Waals surface area (Å²) < 4.78 is 0. The van der Waals surface area contributed by atoms with Crippen LogP contribution in [0.5, 0.6) is 0 Å². The van der Waals surface area contributed by atoms with Gasteiger partial charge in [-0.1, -0.05) is 26.2 Å². The number of carbonyl (C=O) groups is 2. The molecule has 1 aliphatic carbocycles. The maximum absolute atomic E-state index is 12.8. The van der Waals surface area contributed by atoms with Gasteiger partial charge in [0, 0.05) is 36.9 Å². The molecule has 1 amide bonds. The van der Waals surface area contributed by atoms with E-state index in [1.54, 1.807) is 6.92 Å². The van der Waals surface area contributed by atoms with Gasteiger partial charge < -0.3 is 15.2 Å². The third kappa shape index (κ3) is 4.81. The predicted octanol–water partition coefficient (Wildman–Crippen LogP) is 3.86. The molecule has 5 heteroatoms. The molecule has 5 nitrogen and oxygen atoms in total. The van der Waals surface area contributed by atoms with Crippen molar-refractivity contribution in [1.29, 1.82) is 0 Å². The first-order valence-corrected chi connectivity index (χ1v) is 10.7. The summed E-state index contributed by atoms with van der Waals surface area (Å²) in [6.07, 6.45) is 9.69. The molecule has 0 atom stereocenters. The summed E-state index contributed by atoms with van der Waals surface area (Å²) in [7, 11) is 0.